The zero-order chi connectivity index (χ0) is 11.5. The quantitative estimate of drug-likeness (QED) is 0.835. The Balaban J connectivity index is 2.31. The van der Waals surface area contributed by atoms with Gasteiger partial charge in [-0.25, -0.2) is 4.98 Å². The summed E-state index contributed by atoms with van der Waals surface area (Å²) in [5, 5.41) is 0. The summed E-state index contributed by atoms with van der Waals surface area (Å²) in [4.78, 5) is 4.17. The maximum Gasteiger partial charge on any atom is 0.242 e. The fourth-order valence-corrected chi connectivity index (χ4v) is 1.44. The molecule has 2 rings (SSSR count). The van der Waals surface area contributed by atoms with Crippen molar-refractivity contribution in [2.75, 3.05) is 5.73 Å². The van der Waals surface area contributed by atoms with Crippen molar-refractivity contribution in [2.24, 2.45) is 0 Å². The highest BCUT2D eigenvalue weighted by molar-refractivity contribution is 5.51. The van der Waals surface area contributed by atoms with E-state index in [0.29, 0.717) is 11.6 Å². The van der Waals surface area contributed by atoms with E-state index in [2.05, 4.69) is 4.98 Å². The van der Waals surface area contributed by atoms with Gasteiger partial charge in [0.2, 0.25) is 5.88 Å². The fourth-order valence-electron chi connectivity index (χ4n) is 1.44. The summed E-state index contributed by atoms with van der Waals surface area (Å²) in [6.07, 6.45) is 1.74. The largest absolute Gasteiger partial charge is 0.437 e. The van der Waals surface area contributed by atoms with Gasteiger partial charge in [0.25, 0.3) is 0 Å². The number of aromatic nitrogens is 1. The molecule has 3 nitrogen and oxygen atoms in total. The third-order valence-electron chi connectivity index (χ3n) is 2.32. The Bertz CT molecular complexity index is 509. The van der Waals surface area contributed by atoms with Gasteiger partial charge in [-0.1, -0.05) is 18.2 Å². The molecule has 1 aromatic carbocycles. The number of aryl methyl sites for hydroxylation is 2. The van der Waals surface area contributed by atoms with Gasteiger partial charge in [-0.3, -0.25) is 0 Å². The van der Waals surface area contributed by atoms with Crippen LogP contribution >= 0.6 is 0 Å². The van der Waals surface area contributed by atoms with Crippen molar-refractivity contribution in [3.63, 3.8) is 0 Å². The van der Waals surface area contributed by atoms with Gasteiger partial charge in [0, 0.05) is 6.20 Å². The maximum absolute atomic E-state index is 5.83. The van der Waals surface area contributed by atoms with Gasteiger partial charge in [0.15, 0.2) is 0 Å². The lowest BCUT2D eigenvalue weighted by molar-refractivity contribution is 0.462. The molecule has 0 saturated heterocycles. The minimum Gasteiger partial charge on any atom is -0.437 e. The van der Waals surface area contributed by atoms with Crippen LogP contribution in [-0.2, 0) is 0 Å². The number of hydrogen-bond donors (Lipinski definition) is 1. The van der Waals surface area contributed by atoms with Gasteiger partial charge in [-0.05, 0) is 37.1 Å². The molecule has 0 atom stereocenters. The molecule has 0 fully saturated rings. The van der Waals surface area contributed by atoms with Crippen LogP contribution < -0.4 is 10.5 Å². The standard InChI is InChI=1S/C13H14N2O/c1-9-7-11(14)13(15-8-9)16-12-6-4-3-5-10(12)2/h3-8H,14H2,1-2H3. The molecule has 0 aliphatic carbocycles. The first kappa shape index (κ1) is 10.5. The number of nitrogen functional groups attached to an aromatic ring is 1. The summed E-state index contributed by atoms with van der Waals surface area (Å²) >= 11 is 0. The van der Waals surface area contributed by atoms with Gasteiger partial charge >= 0.3 is 0 Å². The first-order chi connectivity index (χ1) is 7.66. The number of hydrogen-bond acceptors (Lipinski definition) is 3. The average molecular weight is 214 g/mol. The van der Waals surface area contributed by atoms with E-state index in [9.17, 15) is 0 Å². The molecule has 1 heterocycles. The molecule has 0 bridgehead atoms. The molecule has 0 aliphatic heterocycles. The van der Waals surface area contributed by atoms with E-state index in [0.717, 1.165) is 16.9 Å². The Kier molecular flexibility index (Phi) is 2.77. The SMILES string of the molecule is Cc1cnc(Oc2ccccc2C)c(N)c1. The number of benzene rings is 1. The van der Waals surface area contributed by atoms with Crippen LogP contribution in [-0.4, -0.2) is 4.98 Å². The second-order valence-electron chi connectivity index (χ2n) is 3.77. The molecule has 3 heteroatoms. The molecule has 16 heavy (non-hydrogen) atoms. The number of nitrogens with two attached hydrogens (primary N) is 1. The minimum absolute atomic E-state index is 0.458. The van der Waals surface area contributed by atoms with E-state index in [-0.39, 0.29) is 0 Å². The van der Waals surface area contributed by atoms with Crippen molar-refractivity contribution in [3.05, 3.63) is 47.7 Å². The van der Waals surface area contributed by atoms with Crippen molar-refractivity contribution >= 4 is 5.69 Å². The highest BCUT2D eigenvalue weighted by Gasteiger charge is 2.05. The predicted octanol–water partition coefficient (Wildman–Crippen LogP) is 3.07. The lowest BCUT2D eigenvalue weighted by Crippen LogP contribution is -1.96. The molecule has 82 valence electrons. The second-order valence-corrected chi connectivity index (χ2v) is 3.77. The number of nitrogens with zero attached hydrogens (tertiary/aromatic N) is 1. The maximum atomic E-state index is 5.83. The van der Waals surface area contributed by atoms with Crippen molar-refractivity contribution < 1.29 is 4.74 Å². The zero-order valence-corrected chi connectivity index (χ0v) is 9.40. The third-order valence-corrected chi connectivity index (χ3v) is 2.32. The van der Waals surface area contributed by atoms with Crippen LogP contribution in [0.1, 0.15) is 11.1 Å². The molecule has 0 aliphatic rings. The van der Waals surface area contributed by atoms with E-state index >= 15 is 0 Å². The van der Waals surface area contributed by atoms with Crippen LogP contribution in [0.15, 0.2) is 36.5 Å². The van der Waals surface area contributed by atoms with E-state index in [1.807, 2.05) is 44.2 Å². The second kappa shape index (κ2) is 4.23. The topological polar surface area (TPSA) is 48.1 Å². The van der Waals surface area contributed by atoms with E-state index in [1.54, 1.807) is 6.20 Å². The van der Waals surface area contributed by atoms with Gasteiger partial charge in [-0.2, -0.15) is 0 Å². The van der Waals surface area contributed by atoms with Crippen molar-refractivity contribution in [1.82, 2.24) is 4.98 Å². The summed E-state index contributed by atoms with van der Waals surface area (Å²) < 4.78 is 5.66. The van der Waals surface area contributed by atoms with Crippen molar-refractivity contribution in [3.8, 4) is 11.6 Å². The van der Waals surface area contributed by atoms with Crippen LogP contribution in [0.4, 0.5) is 5.69 Å². The first-order valence-electron chi connectivity index (χ1n) is 5.12. The van der Waals surface area contributed by atoms with Crippen LogP contribution in [0.5, 0.6) is 11.6 Å². The van der Waals surface area contributed by atoms with Crippen molar-refractivity contribution in [2.45, 2.75) is 13.8 Å². The lowest BCUT2D eigenvalue weighted by Gasteiger charge is -2.09. The summed E-state index contributed by atoms with van der Waals surface area (Å²) in [7, 11) is 0. The van der Waals surface area contributed by atoms with Gasteiger partial charge in [-0.15, -0.1) is 0 Å². The first-order valence-corrected chi connectivity index (χ1v) is 5.12. The summed E-state index contributed by atoms with van der Waals surface area (Å²) in [5.74, 6) is 1.24. The highest BCUT2D eigenvalue weighted by Crippen LogP contribution is 2.27. The van der Waals surface area contributed by atoms with Crippen LogP contribution in [0.2, 0.25) is 0 Å². The van der Waals surface area contributed by atoms with E-state index in [1.165, 1.54) is 0 Å². The fraction of sp³-hybridized carbons (Fsp3) is 0.154. The molecular formula is C13H14N2O. The van der Waals surface area contributed by atoms with E-state index < -0.39 is 0 Å². The molecular weight excluding hydrogens is 200 g/mol. The Morgan fingerprint density at radius 3 is 2.62 bits per heavy atom. The Morgan fingerprint density at radius 1 is 1.19 bits per heavy atom. The van der Waals surface area contributed by atoms with Gasteiger partial charge in [0.05, 0.1) is 5.69 Å². The Hall–Kier alpha value is -2.03. The number of anilines is 1. The minimum atomic E-state index is 0.458. The molecule has 0 spiro atoms. The summed E-state index contributed by atoms with van der Waals surface area (Å²) in [6.45, 7) is 3.93. The monoisotopic (exact) mass is 214 g/mol. The Labute approximate surface area is 94.9 Å². The average Bonchev–Trinajstić information content (AvgIpc) is 2.25. The normalized spacial score (nSPS) is 10.1. The van der Waals surface area contributed by atoms with Crippen LogP contribution in [0.25, 0.3) is 0 Å². The predicted molar refractivity (Wildman–Crippen MR) is 64.6 cm³/mol. The lowest BCUT2D eigenvalue weighted by atomic mass is 10.2. The van der Waals surface area contributed by atoms with Gasteiger partial charge in [0.1, 0.15) is 5.75 Å². The molecule has 0 amide bonds. The third kappa shape index (κ3) is 2.14. The highest BCUT2D eigenvalue weighted by atomic mass is 16.5. The zero-order valence-electron chi connectivity index (χ0n) is 9.40. The van der Waals surface area contributed by atoms with Gasteiger partial charge < -0.3 is 10.5 Å². The number of rotatable bonds is 2. The van der Waals surface area contributed by atoms with Crippen LogP contribution in [0.3, 0.4) is 0 Å². The van der Waals surface area contributed by atoms with E-state index in [4.69, 9.17) is 10.5 Å². The van der Waals surface area contributed by atoms with Crippen LogP contribution in [0, 0.1) is 13.8 Å². The smallest absolute Gasteiger partial charge is 0.242 e. The molecule has 0 radical (unpaired) electrons. The molecule has 0 unspecified atom stereocenters. The number of para-hydroxylation sites is 1. The van der Waals surface area contributed by atoms with Crippen molar-refractivity contribution in [1.29, 1.82) is 0 Å². The number of ether oxygens (including phenoxy) is 1. The summed E-state index contributed by atoms with van der Waals surface area (Å²) in [6, 6.07) is 9.62. The number of pyridine rings is 1. The Morgan fingerprint density at radius 2 is 1.94 bits per heavy atom. The molecule has 0 saturated carbocycles. The summed E-state index contributed by atoms with van der Waals surface area (Å²) in [5.41, 5.74) is 8.47. The molecule has 2 N–H and O–H groups in total. The molecule has 2 aromatic rings. The molecule has 1 aromatic heterocycles.